The number of nitro benzene ring substituents is 1. The van der Waals surface area contributed by atoms with E-state index in [0.717, 1.165) is 0 Å². The molecule has 0 aromatic heterocycles. The van der Waals surface area contributed by atoms with Crippen molar-refractivity contribution in [2.24, 2.45) is 0 Å². The highest BCUT2D eigenvalue weighted by Gasteiger charge is 2.22. The lowest BCUT2D eigenvalue weighted by Crippen LogP contribution is -2.45. The fraction of sp³-hybridized carbons (Fsp3) is 0.467. The van der Waals surface area contributed by atoms with Crippen molar-refractivity contribution in [1.82, 2.24) is 5.32 Å². The average Bonchev–Trinajstić information content (AvgIpc) is 2.46. The zero-order valence-corrected chi connectivity index (χ0v) is 13.8. The number of aliphatic carboxylic acids is 1. The Balaban J connectivity index is 2.86. The van der Waals surface area contributed by atoms with E-state index in [4.69, 9.17) is 9.84 Å². The Kier molecular flexibility index (Phi) is 6.51. The molecule has 0 radical (unpaired) electrons. The van der Waals surface area contributed by atoms with Crippen LogP contribution >= 0.6 is 0 Å². The largest absolute Gasteiger partial charge is 0.492 e. The molecule has 0 fully saturated rings. The van der Waals surface area contributed by atoms with Gasteiger partial charge in [0.25, 0.3) is 5.69 Å². The number of carbonyl (C=O) groups is 2. The number of rotatable bonds is 8. The summed E-state index contributed by atoms with van der Waals surface area (Å²) in [6, 6.07) is 3.29. The SMILES string of the molecule is CCOc1ccc([N+](=O)[O-])cc1NC(=O)NC(C)(C)CCC(=O)O. The van der Waals surface area contributed by atoms with Crippen LogP contribution in [-0.4, -0.2) is 34.2 Å². The number of carbonyl (C=O) groups excluding carboxylic acids is 1. The molecule has 0 saturated carbocycles. The van der Waals surface area contributed by atoms with E-state index in [0.29, 0.717) is 12.4 Å². The van der Waals surface area contributed by atoms with Gasteiger partial charge in [0.1, 0.15) is 5.75 Å². The average molecular weight is 339 g/mol. The van der Waals surface area contributed by atoms with Gasteiger partial charge in [-0.25, -0.2) is 4.79 Å². The fourth-order valence-corrected chi connectivity index (χ4v) is 1.95. The molecule has 0 aliphatic rings. The molecule has 9 heteroatoms. The highest BCUT2D eigenvalue weighted by molar-refractivity contribution is 5.91. The summed E-state index contributed by atoms with van der Waals surface area (Å²) in [6.07, 6.45) is 0.150. The van der Waals surface area contributed by atoms with Gasteiger partial charge in [-0.15, -0.1) is 0 Å². The van der Waals surface area contributed by atoms with Crippen molar-refractivity contribution in [2.75, 3.05) is 11.9 Å². The lowest BCUT2D eigenvalue weighted by atomic mass is 9.99. The predicted octanol–water partition coefficient (Wildman–Crippen LogP) is 2.76. The van der Waals surface area contributed by atoms with E-state index in [1.54, 1.807) is 20.8 Å². The number of amides is 2. The maximum absolute atomic E-state index is 12.1. The molecule has 0 aliphatic carbocycles. The van der Waals surface area contributed by atoms with Crippen molar-refractivity contribution in [3.63, 3.8) is 0 Å². The zero-order chi connectivity index (χ0) is 18.3. The number of urea groups is 1. The lowest BCUT2D eigenvalue weighted by Gasteiger charge is -2.26. The third kappa shape index (κ3) is 6.11. The van der Waals surface area contributed by atoms with Crippen LogP contribution in [0, 0.1) is 10.1 Å². The summed E-state index contributed by atoms with van der Waals surface area (Å²) in [7, 11) is 0. The van der Waals surface area contributed by atoms with Gasteiger partial charge >= 0.3 is 12.0 Å². The molecule has 0 bridgehead atoms. The summed E-state index contributed by atoms with van der Waals surface area (Å²) in [5, 5.41) is 24.7. The van der Waals surface area contributed by atoms with Gasteiger partial charge in [-0.05, 0) is 33.3 Å². The number of nitrogens with zero attached hydrogens (tertiary/aromatic N) is 1. The molecular weight excluding hydrogens is 318 g/mol. The minimum Gasteiger partial charge on any atom is -0.492 e. The van der Waals surface area contributed by atoms with Crippen molar-refractivity contribution in [2.45, 2.75) is 39.2 Å². The molecular formula is C15H21N3O6. The quantitative estimate of drug-likeness (QED) is 0.493. The number of anilines is 1. The third-order valence-electron chi connectivity index (χ3n) is 3.14. The van der Waals surface area contributed by atoms with Crippen LogP contribution in [0.3, 0.4) is 0 Å². The van der Waals surface area contributed by atoms with Crippen molar-refractivity contribution >= 4 is 23.4 Å². The standard InChI is InChI=1S/C15H21N3O6/c1-4-24-12-6-5-10(18(22)23)9-11(12)16-14(21)17-15(2,3)8-7-13(19)20/h5-6,9H,4,7-8H2,1-3H3,(H,19,20)(H2,16,17,21). The monoisotopic (exact) mass is 339 g/mol. The molecule has 132 valence electrons. The van der Waals surface area contributed by atoms with Crippen LogP contribution < -0.4 is 15.4 Å². The van der Waals surface area contributed by atoms with E-state index >= 15 is 0 Å². The first-order chi connectivity index (χ1) is 11.1. The smallest absolute Gasteiger partial charge is 0.319 e. The van der Waals surface area contributed by atoms with E-state index in [-0.39, 0.29) is 24.2 Å². The molecule has 0 spiro atoms. The van der Waals surface area contributed by atoms with Gasteiger partial charge in [-0.2, -0.15) is 0 Å². The molecule has 9 nitrogen and oxygen atoms in total. The summed E-state index contributed by atoms with van der Waals surface area (Å²) in [5.74, 6) is -0.649. The van der Waals surface area contributed by atoms with Crippen LogP contribution in [-0.2, 0) is 4.79 Å². The summed E-state index contributed by atoms with van der Waals surface area (Å²) in [5.41, 5.74) is -0.772. The van der Waals surface area contributed by atoms with Gasteiger partial charge in [-0.1, -0.05) is 0 Å². The Morgan fingerprint density at radius 3 is 2.58 bits per heavy atom. The minimum absolute atomic E-state index is 0.0890. The molecule has 0 saturated heterocycles. The van der Waals surface area contributed by atoms with E-state index in [1.807, 2.05) is 0 Å². The first kappa shape index (κ1) is 19.2. The second kappa shape index (κ2) is 8.14. The summed E-state index contributed by atoms with van der Waals surface area (Å²) in [6.45, 7) is 5.46. The molecule has 0 aliphatic heterocycles. The number of carboxylic acid groups (broad SMARTS) is 1. The summed E-state index contributed by atoms with van der Waals surface area (Å²) in [4.78, 5) is 33.0. The molecule has 2 amide bonds. The summed E-state index contributed by atoms with van der Waals surface area (Å²) >= 11 is 0. The van der Waals surface area contributed by atoms with Crippen molar-refractivity contribution in [3.05, 3.63) is 28.3 Å². The first-order valence-corrected chi connectivity index (χ1v) is 7.37. The van der Waals surface area contributed by atoms with Gasteiger partial charge in [-0.3, -0.25) is 14.9 Å². The molecule has 0 heterocycles. The number of nitrogens with one attached hydrogen (secondary N) is 2. The number of hydrogen-bond donors (Lipinski definition) is 3. The second-order valence-electron chi connectivity index (χ2n) is 5.73. The van der Waals surface area contributed by atoms with E-state index in [2.05, 4.69) is 10.6 Å². The predicted molar refractivity (Wildman–Crippen MR) is 87.4 cm³/mol. The number of non-ortho nitro benzene ring substituents is 1. The first-order valence-electron chi connectivity index (χ1n) is 7.37. The fourth-order valence-electron chi connectivity index (χ4n) is 1.95. The van der Waals surface area contributed by atoms with Gasteiger partial charge < -0.3 is 20.5 Å². The Bertz CT molecular complexity index is 630. The molecule has 1 aromatic rings. The van der Waals surface area contributed by atoms with Crippen molar-refractivity contribution in [1.29, 1.82) is 0 Å². The van der Waals surface area contributed by atoms with Gasteiger partial charge in [0.05, 0.1) is 17.2 Å². The molecule has 3 N–H and O–H groups in total. The van der Waals surface area contributed by atoms with Crippen LogP contribution in [0.4, 0.5) is 16.2 Å². The van der Waals surface area contributed by atoms with E-state index < -0.39 is 22.5 Å². The third-order valence-corrected chi connectivity index (χ3v) is 3.14. The van der Waals surface area contributed by atoms with Crippen molar-refractivity contribution in [3.8, 4) is 5.75 Å². The minimum atomic E-state index is -0.956. The number of hydrogen-bond acceptors (Lipinski definition) is 5. The maximum atomic E-state index is 12.1. The van der Waals surface area contributed by atoms with Gasteiger partial charge in [0.2, 0.25) is 0 Å². The molecule has 0 atom stereocenters. The molecule has 1 rings (SSSR count). The van der Waals surface area contributed by atoms with Crippen LogP contribution in [0.25, 0.3) is 0 Å². The van der Waals surface area contributed by atoms with Crippen LogP contribution in [0.2, 0.25) is 0 Å². The Hall–Kier alpha value is -2.84. The second-order valence-corrected chi connectivity index (χ2v) is 5.73. The number of carboxylic acids is 1. The summed E-state index contributed by atoms with van der Waals surface area (Å²) < 4.78 is 5.34. The maximum Gasteiger partial charge on any atom is 0.319 e. The lowest BCUT2D eigenvalue weighted by molar-refractivity contribution is -0.384. The normalized spacial score (nSPS) is 10.8. The van der Waals surface area contributed by atoms with E-state index in [1.165, 1.54) is 18.2 Å². The molecule has 24 heavy (non-hydrogen) atoms. The highest BCUT2D eigenvalue weighted by atomic mass is 16.6. The number of nitro groups is 1. The Labute approximate surface area is 139 Å². The highest BCUT2D eigenvalue weighted by Crippen LogP contribution is 2.29. The van der Waals surface area contributed by atoms with Gasteiger partial charge in [0, 0.05) is 24.1 Å². The van der Waals surface area contributed by atoms with Crippen LogP contribution in [0.5, 0.6) is 5.75 Å². The molecule has 0 unspecified atom stereocenters. The van der Waals surface area contributed by atoms with E-state index in [9.17, 15) is 19.7 Å². The Morgan fingerprint density at radius 1 is 1.38 bits per heavy atom. The number of benzene rings is 1. The van der Waals surface area contributed by atoms with Crippen LogP contribution in [0.1, 0.15) is 33.6 Å². The number of ether oxygens (including phenoxy) is 1. The van der Waals surface area contributed by atoms with Gasteiger partial charge in [0.15, 0.2) is 0 Å². The van der Waals surface area contributed by atoms with Crippen LogP contribution in [0.15, 0.2) is 18.2 Å². The van der Waals surface area contributed by atoms with Crippen molar-refractivity contribution < 1.29 is 24.4 Å². The molecule has 1 aromatic carbocycles. The zero-order valence-electron chi connectivity index (χ0n) is 13.8. The topological polar surface area (TPSA) is 131 Å². The Morgan fingerprint density at radius 2 is 2.04 bits per heavy atom.